The minimum Gasteiger partial charge on any atom is -0.493 e. The van der Waals surface area contributed by atoms with E-state index in [1.807, 2.05) is 31.2 Å². The molecule has 1 atom stereocenters. The number of aliphatic hydroxyl groups is 1. The van der Waals surface area contributed by atoms with Gasteiger partial charge in [-0.2, -0.15) is 0 Å². The topological polar surface area (TPSA) is 99.1 Å². The van der Waals surface area contributed by atoms with Gasteiger partial charge in [-0.3, -0.25) is 9.59 Å². The van der Waals surface area contributed by atoms with E-state index < -0.39 is 25.3 Å². The normalized spacial score (nSPS) is 14.0. The lowest BCUT2D eigenvalue weighted by Gasteiger charge is -2.43. The van der Waals surface area contributed by atoms with Crippen molar-refractivity contribution in [2.75, 3.05) is 19.8 Å². The van der Waals surface area contributed by atoms with Crippen molar-refractivity contribution in [2.24, 2.45) is 0 Å². The van der Waals surface area contributed by atoms with Crippen molar-refractivity contribution in [1.82, 2.24) is 0 Å². The number of carbonyl (C=O) groups is 3. The first-order chi connectivity index (χ1) is 27.2. The smallest absolute Gasteiger partial charge is 0.338 e. The van der Waals surface area contributed by atoms with Crippen LogP contribution in [-0.2, 0) is 14.6 Å². The Morgan fingerprint density at radius 1 is 0.596 bits per heavy atom. The van der Waals surface area contributed by atoms with Crippen molar-refractivity contribution in [3.05, 3.63) is 161 Å². The fourth-order valence-corrected chi connectivity index (χ4v) is 12.5. The lowest BCUT2D eigenvalue weighted by atomic mass is 9.69. The van der Waals surface area contributed by atoms with Crippen molar-refractivity contribution in [3.8, 4) is 5.75 Å². The molecule has 7 nitrogen and oxygen atoms in total. The van der Waals surface area contributed by atoms with E-state index in [-0.39, 0.29) is 39.9 Å². The monoisotopic (exact) mass is 782 g/mol. The van der Waals surface area contributed by atoms with Crippen LogP contribution in [0.1, 0.15) is 115 Å². The van der Waals surface area contributed by atoms with Gasteiger partial charge in [-0.15, -0.1) is 0 Å². The van der Waals surface area contributed by atoms with E-state index in [0.29, 0.717) is 42.9 Å². The molecule has 0 aliphatic heterocycles. The highest BCUT2D eigenvalue weighted by Gasteiger charge is 2.50. The predicted octanol–water partition coefficient (Wildman–Crippen LogP) is 8.86. The zero-order valence-corrected chi connectivity index (χ0v) is 35.0. The second kappa shape index (κ2) is 17.1. The van der Waals surface area contributed by atoms with Crippen LogP contribution < -0.4 is 15.1 Å². The Kier molecular flexibility index (Phi) is 12.5. The molecule has 0 saturated carbocycles. The van der Waals surface area contributed by atoms with E-state index in [2.05, 4.69) is 95.3 Å². The minimum atomic E-state index is -2.61. The molecule has 5 aromatic rings. The van der Waals surface area contributed by atoms with Crippen LogP contribution in [0.25, 0.3) is 0 Å². The summed E-state index contributed by atoms with van der Waals surface area (Å²) in [7, 11) is -2.61. The molecular weight excluding hydrogens is 729 g/mol. The molecule has 6 rings (SSSR count). The van der Waals surface area contributed by atoms with E-state index in [1.54, 1.807) is 24.3 Å². The van der Waals surface area contributed by atoms with Crippen molar-refractivity contribution >= 4 is 36.2 Å². The summed E-state index contributed by atoms with van der Waals surface area (Å²) in [5.74, 6) is -0.403. The predicted molar refractivity (Wildman–Crippen MR) is 228 cm³/mol. The molecule has 0 amide bonds. The van der Waals surface area contributed by atoms with Crippen LogP contribution in [0.3, 0.4) is 0 Å². The Balaban J connectivity index is 0.972. The largest absolute Gasteiger partial charge is 0.493 e. The molecule has 0 saturated heterocycles. The van der Waals surface area contributed by atoms with Gasteiger partial charge < -0.3 is 19.0 Å². The van der Waals surface area contributed by atoms with Crippen molar-refractivity contribution in [3.63, 3.8) is 0 Å². The molecule has 1 aliphatic rings. The number of ketones is 2. The maximum absolute atomic E-state index is 13.0. The molecular formula is C49H54O7Si. The minimum absolute atomic E-state index is 0.0865. The summed E-state index contributed by atoms with van der Waals surface area (Å²) in [5, 5.41) is 14.3. The quantitative estimate of drug-likeness (QED) is 0.0595. The lowest BCUT2D eigenvalue weighted by molar-refractivity contribution is -0.0188. The molecule has 296 valence electrons. The molecule has 0 radical (unpaired) electrons. The van der Waals surface area contributed by atoms with Gasteiger partial charge in [0.2, 0.25) is 0 Å². The molecule has 0 fully saturated rings. The molecule has 0 heterocycles. The van der Waals surface area contributed by atoms with Gasteiger partial charge in [-0.1, -0.05) is 132 Å². The number of esters is 1. The van der Waals surface area contributed by atoms with Crippen molar-refractivity contribution in [2.45, 2.75) is 83.3 Å². The third-order valence-electron chi connectivity index (χ3n) is 11.7. The van der Waals surface area contributed by atoms with Crippen molar-refractivity contribution < 1.29 is 33.4 Å². The van der Waals surface area contributed by atoms with Crippen LogP contribution >= 0.6 is 0 Å². The summed E-state index contributed by atoms with van der Waals surface area (Å²) in [5.41, 5.74) is 0.924. The van der Waals surface area contributed by atoms with Crippen LogP contribution in [0.5, 0.6) is 5.75 Å². The van der Waals surface area contributed by atoms with Crippen LogP contribution in [0.15, 0.2) is 127 Å². The summed E-state index contributed by atoms with van der Waals surface area (Å²) < 4.78 is 18.5. The number of carbonyl (C=O) groups excluding carboxylic acids is 3. The molecule has 57 heavy (non-hydrogen) atoms. The first-order valence-electron chi connectivity index (χ1n) is 19.9. The number of fused-ring (bicyclic) bond motifs is 2. The molecule has 0 spiro atoms. The standard InChI is InChI=1S/C49H54O7Si/c1-47(2,3)57(38-18-9-7-10-19-38,39-20-11-8-12-21-39)56-33-16-15-30-49(6,53)48(4,5)36-25-27-37(28-26-36)54-31-17-32-55-46(52)35-24-29-42-43(34-35)45(51)41-23-14-13-22-40(41)44(42)50/h7-14,18-29,34,53H,15-17,30-33H2,1-6H3. The van der Waals surface area contributed by atoms with E-state index in [9.17, 15) is 19.5 Å². The SMILES string of the molecule is CC(O)(CCCCO[Si](c1ccccc1)(c1ccccc1)C(C)(C)C)C(C)(C)c1ccc(OCCCOC(=O)c2ccc3c(c2)C(=O)c2ccccc2C3=O)cc1. The fourth-order valence-electron chi connectivity index (χ4n) is 7.87. The van der Waals surface area contributed by atoms with E-state index in [0.717, 1.165) is 18.4 Å². The number of unbranched alkanes of at least 4 members (excludes halogenated alkanes) is 1. The summed E-state index contributed by atoms with van der Waals surface area (Å²) in [6, 6.07) is 40.3. The summed E-state index contributed by atoms with van der Waals surface area (Å²) in [6.07, 6.45) is 2.74. The van der Waals surface area contributed by atoms with Gasteiger partial charge in [-0.25, -0.2) is 4.79 Å². The first kappa shape index (κ1) is 41.5. The lowest BCUT2D eigenvalue weighted by Crippen LogP contribution is -2.66. The van der Waals surface area contributed by atoms with Crippen LogP contribution in [0, 0.1) is 0 Å². The fraction of sp³-hybridized carbons (Fsp3) is 0.327. The van der Waals surface area contributed by atoms with E-state index in [1.165, 1.54) is 28.6 Å². The maximum Gasteiger partial charge on any atom is 0.338 e. The van der Waals surface area contributed by atoms with E-state index >= 15 is 0 Å². The first-order valence-corrected chi connectivity index (χ1v) is 21.8. The Bertz CT molecular complexity index is 2150. The average Bonchev–Trinajstić information content (AvgIpc) is 3.21. The highest BCUT2D eigenvalue weighted by Crippen LogP contribution is 2.40. The summed E-state index contributed by atoms with van der Waals surface area (Å²) in [4.78, 5) is 38.7. The van der Waals surface area contributed by atoms with Gasteiger partial charge in [0.1, 0.15) is 5.75 Å². The molecule has 1 N–H and O–H groups in total. The third kappa shape index (κ3) is 8.59. The van der Waals surface area contributed by atoms with Gasteiger partial charge in [0.25, 0.3) is 8.32 Å². The number of ether oxygens (including phenoxy) is 2. The summed E-state index contributed by atoms with van der Waals surface area (Å²) >= 11 is 0. The highest BCUT2D eigenvalue weighted by molar-refractivity contribution is 6.99. The maximum atomic E-state index is 13.0. The highest BCUT2D eigenvalue weighted by atomic mass is 28.4. The van der Waals surface area contributed by atoms with Gasteiger partial charge >= 0.3 is 5.97 Å². The number of hydrogen-bond donors (Lipinski definition) is 1. The molecule has 0 aromatic heterocycles. The van der Waals surface area contributed by atoms with Gasteiger partial charge in [0.05, 0.1) is 24.4 Å². The Hall–Kier alpha value is -5.15. The van der Waals surface area contributed by atoms with Crippen LogP contribution in [0.2, 0.25) is 5.04 Å². The van der Waals surface area contributed by atoms with Gasteiger partial charge in [-0.05, 0) is 77.5 Å². The average molecular weight is 783 g/mol. The summed E-state index contributed by atoms with van der Waals surface area (Å²) in [6.45, 7) is 14.0. The second-order valence-electron chi connectivity index (χ2n) is 16.7. The second-order valence-corrected chi connectivity index (χ2v) is 21.0. The van der Waals surface area contributed by atoms with Crippen LogP contribution in [-0.4, -0.2) is 56.4 Å². The van der Waals surface area contributed by atoms with Gasteiger partial charge in [0.15, 0.2) is 11.6 Å². The molecule has 5 aromatic carbocycles. The van der Waals surface area contributed by atoms with Crippen molar-refractivity contribution in [1.29, 1.82) is 0 Å². The molecule has 1 aliphatic carbocycles. The molecule has 1 unspecified atom stereocenters. The van der Waals surface area contributed by atoms with Crippen LogP contribution in [0.4, 0.5) is 0 Å². The Labute approximate surface area is 338 Å². The molecule has 8 heteroatoms. The third-order valence-corrected chi connectivity index (χ3v) is 16.7. The Morgan fingerprint density at radius 2 is 1.14 bits per heavy atom. The van der Waals surface area contributed by atoms with Gasteiger partial charge in [0, 0.05) is 40.7 Å². The number of benzene rings is 5. The zero-order chi connectivity index (χ0) is 40.8. The number of hydrogen-bond acceptors (Lipinski definition) is 7. The number of rotatable bonds is 16. The molecule has 0 bridgehead atoms. The Morgan fingerprint density at radius 3 is 1.72 bits per heavy atom. The zero-order valence-electron chi connectivity index (χ0n) is 34.0. The van der Waals surface area contributed by atoms with E-state index in [4.69, 9.17) is 13.9 Å².